The molecule has 0 spiro atoms. The largest absolute Gasteiger partial charge is 0.497 e. The smallest absolute Gasteiger partial charge is 0.349 e. The number of ether oxygens (including phenoxy) is 1. The molecule has 1 aliphatic rings. The molecule has 3 atom stereocenters. The van der Waals surface area contributed by atoms with Gasteiger partial charge in [0.15, 0.2) is 5.82 Å². The third-order valence-corrected chi connectivity index (χ3v) is 6.77. The van der Waals surface area contributed by atoms with Crippen LogP contribution >= 0.6 is 0 Å². The minimum atomic E-state index is -0.321. The normalized spacial score (nSPS) is 19.9. The molecule has 1 fully saturated rings. The number of aryl methyl sites for hydroxylation is 1. The molecule has 0 bridgehead atoms. The van der Waals surface area contributed by atoms with E-state index in [1.807, 2.05) is 12.1 Å². The van der Waals surface area contributed by atoms with Gasteiger partial charge in [-0.1, -0.05) is 19.1 Å². The van der Waals surface area contributed by atoms with Crippen LogP contribution in [-0.2, 0) is 7.05 Å². The van der Waals surface area contributed by atoms with Crippen LogP contribution in [0.4, 0.5) is 5.82 Å². The summed E-state index contributed by atoms with van der Waals surface area (Å²) in [5, 5.41) is 9.36. The van der Waals surface area contributed by atoms with E-state index in [1.54, 1.807) is 26.3 Å². The van der Waals surface area contributed by atoms with Gasteiger partial charge in [-0.05, 0) is 50.1 Å². The number of fused-ring (bicyclic) bond motifs is 1. The van der Waals surface area contributed by atoms with Gasteiger partial charge in [-0.3, -0.25) is 9.47 Å². The summed E-state index contributed by atoms with van der Waals surface area (Å²) in [6.45, 7) is 8.13. The first-order valence-corrected chi connectivity index (χ1v) is 11.3. The topological polar surface area (TPSA) is 87.3 Å². The fourth-order valence-corrected chi connectivity index (χ4v) is 4.74. The molecule has 8 nitrogen and oxygen atoms in total. The zero-order valence-corrected chi connectivity index (χ0v) is 19.8. The first kappa shape index (κ1) is 22.7. The number of piperazine rings is 1. The number of anilines is 1. The summed E-state index contributed by atoms with van der Waals surface area (Å²) in [5.74, 6) is 1.41. The minimum absolute atomic E-state index is 0.115. The van der Waals surface area contributed by atoms with Gasteiger partial charge in [0.2, 0.25) is 0 Å². The molecule has 0 amide bonds. The SMILES string of the molecule is CCC1CN(c2nc(=O)n(C)c3ccc(C#N)nc23)[C@@H](C)CN1C(C)c1ccc(OC)cc1. The molecule has 2 aromatic heterocycles. The summed E-state index contributed by atoms with van der Waals surface area (Å²) in [4.78, 5) is 26.3. The predicted molar refractivity (Wildman–Crippen MR) is 128 cm³/mol. The van der Waals surface area contributed by atoms with Crippen molar-refractivity contribution in [2.75, 3.05) is 25.1 Å². The Morgan fingerprint density at radius 3 is 2.55 bits per heavy atom. The molecule has 0 saturated carbocycles. The molecule has 33 heavy (non-hydrogen) atoms. The molecule has 172 valence electrons. The molecule has 1 aromatic carbocycles. The van der Waals surface area contributed by atoms with Crippen LogP contribution in [0.15, 0.2) is 41.2 Å². The molecule has 3 aromatic rings. The number of hydrogen-bond acceptors (Lipinski definition) is 7. The molecule has 0 aliphatic carbocycles. The Morgan fingerprint density at radius 1 is 1.18 bits per heavy atom. The summed E-state index contributed by atoms with van der Waals surface area (Å²) in [7, 11) is 3.36. The standard InChI is InChI=1S/C25H30N6O2/c1-6-20-15-30(16(2)14-31(20)17(3)18-7-10-21(33-5)11-8-18)24-23-22(29(4)25(32)28-24)12-9-19(13-26)27-23/h7-12,16-17,20H,6,14-15H2,1-5H3/t16-,17?,20?/m0/s1. The fraction of sp³-hybridized carbons (Fsp3) is 0.440. The lowest BCUT2D eigenvalue weighted by molar-refractivity contribution is 0.105. The van der Waals surface area contributed by atoms with Crippen LogP contribution in [0, 0.1) is 11.3 Å². The third kappa shape index (κ3) is 4.16. The van der Waals surface area contributed by atoms with Crippen LogP contribution < -0.4 is 15.3 Å². The fourth-order valence-electron chi connectivity index (χ4n) is 4.74. The predicted octanol–water partition coefficient (Wildman–Crippen LogP) is 3.26. The number of hydrogen-bond donors (Lipinski definition) is 0. The third-order valence-electron chi connectivity index (χ3n) is 6.77. The van der Waals surface area contributed by atoms with Crippen molar-refractivity contribution in [3.05, 3.63) is 58.1 Å². The molecular weight excluding hydrogens is 416 g/mol. The monoisotopic (exact) mass is 446 g/mol. The highest BCUT2D eigenvalue weighted by Crippen LogP contribution is 2.32. The van der Waals surface area contributed by atoms with Crippen LogP contribution in [-0.4, -0.2) is 51.7 Å². The van der Waals surface area contributed by atoms with E-state index in [2.05, 4.69) is 58.7 Å². The number of pyridine rings is 1. The zero-order chi connectivity index (χ0) is 23.7. The first-order valence-electron chi connectivity index (χ1n) is 11.3. The maximum Gasteiger partial charge on any atom is 0.349 e. The number of benzene rings is 1. The summed E-state index contributed by atoms with van der Waals surface area (Å²) < 4.78 is 6.79. The number of aromatic nitrogens is 3. The second-order valence-electron chi connectivity index (χ2n) is 8.66. The lowest BCUT2D eigenvalue weighted by Crippen LogP contribution is -2.58. The average molecular weight is 447 g/mol. The number of rotatable bonds is 5. The Morgan fingerprint density at radius 2 is 1.91 bits per heavy atom. The molecule has 0 radical (unpaired) electrons. The van der Waals surface area contributed by atoms with Gasteiger partial charge in [0.1, 0.15) is 23.0 Å². The highest BCUT2D eigenvalue weighted by molar-refractivity contribution is 5.86. The van der Waals surface area contributed by atoms with Crippen LogP contribution in [0.25, 0.3) is 11.0 Å². The summed E-state index contributed by atoms with van der Waals surface area (Å²) in [5.41, 5.74) is 2.51. The van der Waals surface area contributed by atoms with Crippen LogP contribution in [0.2, 0.25) is 0 Å². The van der Waals surface area contributed by atoms with Crippen molar-refractivity contribution in [2.45, 2.75) is 45.3 Å². The zero-order valence-electron chi connectivity index (χ0n) is 19.8. The van der Waals surface area contributed by atoms with Crippen LogP contribution in [0.3, 0.4) is 0 Å². The van der Waals surface area contributed by atoms with Gasteiger partial charge in [0.25, 0.3) is 0 Å². The Bertz CT molecular complexity index is 1250. The molecule has 0 N–H and O–H groups in total. The second-order valence-corrected chi connectivity index (χ2v) is 8.66. The maximum atomic E-state index is 12.6. The number of methoxy groups -OCH3 is 1. The van der Waals surface area contributed by atoms with Crippen molar-refractivity contribution in [3.8, 4) is 11.8 Å². The first-order chi connectivity index (χ1) is 15.9. The molecule has 2 unspecified atom stereocenters. The van der Waals surface area contributed by atoms with Crippen molar-refractivity contribution < 1.29 is 4.74 Å². The van der Waals surface area contributed by atoms with E-state index >= 15 is 0 Å². The lowest BCUT2D eigenvalue weighted by atomic mass is 9.98. The van der Waals surface area contributed by atoms with Crippen LogP contribution in [0.1, 0.15) is 44.5 Å². The quantitative estimate of drug-likeness (QED) is 0.594. The molecule has 8 heteroatoms. The average Bonchev–Trinajstić information content (AvgIpc) is 2.85. The Labute approximate surface area is 194 Å². The van der Waals surface area contributed by atoms with Crippen LogP contribution in [0.5, 0.6) is 5.75 Å². The van der Waals surface area contributed by atoms with Crippen molar-refractivity contribution >= 4 is 16.9 Å². The van der Waals surface area contributed by atoms with Gasteiger partial charge in [0, 0.05) is 38.3 Å². The van der Waals surface area contributed by atoms with Gasteiger partial charge in [-0.2, -0.15) is 10.2 Å². The second kappa shape index (κ2) is 9.20. The summed E-state index contributed by atoms with van der Waals surface area (Å²) in [6, 6.07) is 14.4. The summed E-state index contributed by atoms with van der Waals surface area (Å²) in [6.07, 6.45) is 0.962. The van der Waals surface area contributed by atoms with E-state index in [0.29, 0.717) is 22.5 Å². The highest BCUT2D eigenvalue weighted by Gasteiger charge is 2.35. The number of nitriles is 1. The van der Waals surface area contributed by atoms with Gasteiger partial charge in [-0.15, -0.1) is 0 Å². The Hall–Kier alpha value is -3.44. The van der Waals surface area contributed by atoms with Gasteiger partial charge >= 0.3 is 5.69 Å². The highest BCUT2D eigenvalue weighted by atomic mass is 16.5. The maximum absolute atomic E-state index is 12.6. The van der Waals surface area contributed by atoms with E-state index in [9.17, 15) is 10.1 Å². The lowest BCUT2D eigenvalue weighted by Gasteiger charge is -2.48. The molecular formula is C25H30N6O2. The Balaban J connectivity index is 1.69. The summed E-state index contributed by atoms with van der Waals surface area (Å²) >= 11 is 0. The van der Waals surface area contributed by atoms with Crippen molar-refractivity contribution in [2.24, 2.45) is 7.05 Å². The van der Waals surface area contributed by atoms with Crippen molar-refractivity contribution in [1.82, 2.24) is 19.4 Å². The van der Waals surface area contributed by atoms with Crippen molar-refractivity contribution in [3.63, 3.8) is 0 Å². The van der Waals surface area contributed by atoms with E-state index in [-0.39, 0.29) is 23.8 Å². The molecule has 4 rings (SSSR count). The van der Waals surface area contributed by atoms with E-state index in [1.165, 1.54) is 10.1 Å². The van der Waals surface area contributed by atoms with Crippen molar-refractivity contribution in [1.29, 1.82) is 5.26 Å². The number of nitrogens with zero attached hydrogens (tertiary/aromatic N) is 6. The van der Waals surface area contributed by atoms with E-state index < -0.39 is 0 Å². The minimum Gasteiger partial charge on any atom is -0.497 e. The van der Waals surface area contributed by atoms with Gasteiger partial charge < -0.3 is 9.64 Å². The van der Waals surface area contributed by atoms with E-state index in [4.69, 9.17) is 4.74 Å². The van der Waals surface area contributed by atoms with E-state index in [0.717, 1.165) is 25.3 Å². The molecule has 1 saturated heterocycles. The Kier molecular flexibility index (Phi) is 6.34. The molecule has 3 heterocycles. The van der Waals surface area contributed by atoms with Gasteiger partial charge in [0.05, 0.1) is 12.6 Å². The van der Waals surface area contributed by atoms with Gasteiger partial charge in [-0.25, -0.2) is 9.78 Å². The molecule has 1 aliphatic heterocycles.